The second-order valence-corrected chi connectivity index (χ2v) is 5.74. The first kappa shape index (κ1) is 12.0. The maximum absolute atomic E-state index is 9.57. The maximum Gasteiger partial charge on any atom is 0.115 e. The lowest BCUT2D eigenvalue weighted by Gasteiger charge is -2.29. The number of hydrogen-bond acceptors (Lipinski definition) is 3. The van der Waals surface area contributed by atoms with Crippen molar-refractivity contribution in [3.05, 3.63) is 29.3 Å². The molecule has 0 bridgehead atoms. The average molecular weight is 246 g/mol. The first-order valence-electron chi connectivity index (χ1n) is 6.99. The van der Waals surface area contributed by atoms with Gasteiger partial charge in [0.05, 0.1) is 0 Å². The molecule has 0 saturated carbocycles. The molecule has 1 fully saturated rings. The first-order valence-corrected chi connectivity index (χ1v) is 6.99. The number of rotatable bonds is 2. The third kappa shape index (κ3) is 2.38. The molecule has 1 heterocycles. The molecule has 2 unspecified atom stereocenters. The molecule has 18 heavy (non-hydrogen) atoms. The molecule has 3 rings (SSSR count). The van der Waals surface area contributed by atoms with Gasteiger partial charge in [0.15, 0.2) is 0 Å². The second kappa shape index (κ2) is 4.90. The Morgan fingerprint density at radius 1 is 1.33 bits per heavy atom. The number of aryl methyl sites for hydroxylation is 1. The highest BCUT2D eigenvalue weighted by Gasteiger charge is 2.26. The third-order valence-electron chi connectivity index (χ3n) is 4.27. The van der Waals surface area contributed by atoms with Crippen molar-refractivity contribution in [1.29, 1.82) is 0 Å². The van der Waals surface area contributed by atoms with Crippen LogP contribution in [0.1, 0.15) is 36.4 Å². The fourth-order valence-electron chi connectivity index (χ4n) is 3.33. The van der Waals surface area contributed by atoms with Gasteiger partial charge in [0.2, 0.25) is 0 Å². The highest BCUT2D eigenvalue weighted by molar-refractivity contribution is 5.38. The van der Waals surface area contributed by atoms with Crippen molar-refractivity contribution in [3.63, 3.8) is 0 Å². The van der Waals surface area contributed by atoms with E-state index in [2.05, 4.69) is 23.3 Å². The Hall–Kier alpha value is -1.06. The smallest absolute Gasteiger partial charge is 0.115 e. The number of likely N-dealkylation sites (N-methyl/N-ethyl adjacent to an activating group) is 1. The van der Waals surface area contributed by atoms with Crippen LogP contribution in [0.2, 0.25) is 0 Å². The first-order chi connectivity index (χ1) is 8.72. The van der Waals surface area contributed by atoms with Gasteiger partial charge in [-0.05, 0) is 62.5 Å². The standard InChI is InChI=1S/C15H22N2O/c1-17-8-7-12(10-17)16-15-4-2-3-11-9-13(18)5-6-14(11)15/h5-6,9,12,15-16,18H,2-4,7-8,10H2,1H3. The molecule has 2 atom stereocenters. The van der Waals surface area contributed by atoms with Gasteiger partial charge in [-0.25, -0.2) is 0 Å². The van der Waals surface area contributed by atoms with Gasteiger partial charge in [0, 0.05) is 18.6 Å². The lowest BCUT2D eigenvalue weighted by molar-refractivity contribution is 0.366. The molecular formula is C15H22N2O. The van der Waals surface area contributed by atoms with Gasteiger partial charge in [-0.3, -0.25) is 0 Å². The third-order valence-corrected chi connectivity index (χ3v) is 4.27. The molecule has 3 heteroatoms. The van der Waals surface area contributed by atoms with E-state index in [4.69, 9.17) is 0 Å². The quantitative estimate of drug-likeness (QED) is 0.838. The van der Waals surface area contributed by atoms with Gasteiger partial charge in [0.25, 0.3) is 0 Å². The molecule has 1 saturated heterocycles. The molecule has 0 aromatic heterocycles. The molecule has 1 aromatic rings. The summed E-state index contributed by atoms with van der Waals surface area (Å²) >= 11 is 0. The van der Waals surface area contributed by atoms with Crippen molar-refractivity contribution in [2.24, 2.45) is 0 Å². The van der Waals surface area contributed by atoms with E-state index >= 15 is 0 Å². The summed E-state index contributed by atoms with van der Waals surface area (Å²) < 4.78 is 0. The molecule has 1 aromatic carbocycles. The number of likely N-dealkylation sites (tertiary alicyclic amines) is 1. The minimum atomic E-state index is 0.398. The summed E-state index contributed by atoms with van der Waals surface area (Å²) in [5.41, 5.74) is 2.72. The van der Waals surface area contributed by atoms with Crippen LogP contribution in [-0.4, -0.2) is 36.2 Å². The van der Waals surface area contributed by atoms with Gasteiger partial charge < -0.3 is 15.3 Å². The summed E-state index contributed by atoms with van der Waals surface area (Å²) in [6.45, 7) is 2.36. The van der Waals surface area contributed by atoms with Crippen LogP contribution >= 0.6 is 0 Å². The fourth-order valence-corrected chi connectivity index (χ4v) is 3.33. The van der Waals surface area contributed by atoms with Gasteiger partial charge in [0.1, 0.15) is 5.75 Å². The minimum absolute atomic E-state index is 0.398. The van der Waals surface area contributed by atoms with Crippen LogP contribution in [0.25, 0.3) is 0 Å². The van der Waals surface area contributed by atoms with Crippen LogP contribution in [0.3, 0.4) is 0 Å². The SMILES string of the molecule is CN1CCC(NC2CCCc3cc(O)ccc32)C1. The van der Waals surface area contributed by atoms with Crippen molar-refractivity contribution in [1.82, 2.24) is 10.2 Å². The Labute approximate surface area is 109 Å². The van der Waals surface area contributed by atoms with E-state index in [0.29, 0.717) is 17.8 Å². The Morgan fingerprint density at radius 3 is 3.00 bits per heavy atom. The van der Waals surface area contributed by atoms with Crippen molar-refractivity contribution in [2.45, 2.75) is 37.8 Å². The number of phenols is 1. The molecule has 1 aliphatic heterocycles. The highest BCUT2D eigenvalue weighted by Crippen LogP contribution is 2.32. The van der Waals surface area contributed by atoms with Crippen LogP contribution in [0, 0.1) is 0 Å². The molecule has 3 nitrogen and oxygen atoms in total. The summed E-state index contributed by atoms with van der Waals surface area (Å²) in [5.74, 6) is 0.398. The van der Waals surface area contributed by atoms with Crippen molar-refractivity contribution < 1.29 is 5.11 Å². The Balaban J connectivity index is 1.75. The number of fused-ring (bicyclic) bond motifs is 1. The Kier molecular flexibility index (Phi) is 3.27. The number of phenolic OH excluding ortho intramolecular Hbond substituents is 1. The minimum Gasteiger partial charge on any atom is -0.508 e. The average Bonchev–Trinajstić information content (AvgIpc) is 2.75. The summed E-state index contributed by atoms with van der Waals surface area (Å²) in [6.07, 6.45) is 4.79. The Morgan fingerprint density at radius 2 is 2.22 bits per heavy atom. The number of nitrogens with one attached hydrogen (secondary N) is 1. The summed E-state index contributed by atoms with van der Waals surface area (Å²) in [7, 11) is 2.19. The van der Waals surface area contributed by atoms with E-state index in [9.17, 15) is 5.11 Å². The van der Waals surface area contributed by atoms with Gasteiger partial charge >= 0.3 is 0 Å². The van der Waals surface area contributed by atoms with Crippen molar-refractivity contribution in [2.75, 3.05) is 20.1 Å². The summed E-state index contributed by atoms with van der Waals surface area (Å²) in [6, 6.07) is 6.95. The number of hydrogen-bond donors (Lipinski definition) is 2. The molecule has 2 aliphatic rings. The molecule has 2 N–H and O–H groups in total. The van der Waals surface area contributed by atoms with Crippen molar-refractivity contribution in [3.8, 4) is 5.75 Å². The van der Waals surface area contributed by atoms with Crippen LogP contribution in [0.15, 0.2) is 18.2 Å². The second-order valence-electron chi connectivity index (χ2n) is 5.74. The van der Waals surface area contributed by atoms with E-state index in [1.54, 1.807) is 0 Å². The normalized spacial score (nSPS) is 28.3. The molecule has 98 valence electrons. The van der Waals surface area contributed by atoms with Crippen LogP contribution in [0.5, 0.6) is 5.75 Å². The predicted molar refractivity (Wildman–Crippen MR) is 72.8 cm³/mol. The predicted octanol–water partition coefficient (Wildman–Crippen LogP) is 2.06. The van der Waals surface area contributed by atoms with E-state index in [1.165, 1.54) is 36.9 Å². The van der Waals surface area contributed by atoms with Crippen molar-refractivity contribution >= 4 is 0 Å². The summed E-state index contributed by atoms with van der Waals surface area (Å²) in [4.78, 5) is 2.39. The number of nitrogens with zero attached hydrogens (tertiary/aromatic N) is 1. The maximum atomic E-state index is 9.57. The molecular weight excluding hydrogens is 224 g/mol. The lowest BCUT2D eigenvalue weighted by atomic mass is 9.87. The van der Waals surface area contributed by atoms with E-state index in [-0.39, 0.29) is 0 Å². The monoisotopic (exact) mass is 246 g/mol. The van der Waals surface area contributed by atoms with Gasteiger partial charge in [-0.15, -0.1) is 0 Å². The van der Waals surface area contributed by atoms with E-state index in [1.807, 2.05) is 12.1 Å². The van der Waals surface area contributed by atoms with Crippen LogP contribution in [-0.2, 0) is 6.42 Å². The largest absolute Gasteiger partial charge is 0.508 e. The topological polar surface area (TPSA) is 35.5 Å². The van der Waals surface area contributed by atoms with Crippen LogP contribution in [0.4, 0.5) is 0 Å². The number of aromatic hydroxyl groups is 1. The molecule has 0 radical (unpaired) electrons. The summed E-state index contributed by atoms with van der Waals surface area (Å²) in [5, 5.41) is 13.4. The van der Waals surface area contributed by atoms with Gasteiger partial charge in [-0.1, -0.05) is 6.07 Å². The van der Waals surface area contributed by atoms with E-state index in [0.717, 1.165) is 13.0 Å². The fraction of sp³-hybridized carbons (Fsp3) is 0.600. The lowest BCUT2D eigenvalue weighted by Crippen LogP contribution is -2.36. The Bertz CT molecular complexity index is 433. The number of benzene rings is 1. The zero-order chi connectivity index (χ0) is 12.5. The molecule has 0 amide bonds. The highest BCUT2D eigenvalue weighted by atomic mass is 16.3. The molecule has 1 aliphatic carbocycles. The zero-order valence-corrected chi connectivity index (χ0v) is 11.0. The molecule has 0 spiro atoms. The zero-order valence-electron chi connectivity index (χ0n) is 11.0. The van der Waals surface area contributed by atoms with E-state index < -0.39 is 0 Å². The van der Waals surface area contributed by atoms with Crippen LogP contribution < -0.4 is 5.32 Å². The van der Waals surface area contributed by atoms with Gasteiger partial charge in [-0.2, -0.15) is 0 Å².